The molecule has 2 aromatic rings. The molecule has 0 bridgehead atoms. The van der Waals surface area contributed by atoms with Gasteiger partial charge in [0, 0.05) is 12.2 Å². The van der Waals surface area contributed by atoms with Crippen molar-refractivity contribution in [3.8, 4) is 5.75 Å². The molecule has 3 rings (SSSR count). The standard InChI is InChI=1S/C22H24N2O3/c1-5-24-21(25)19(16-8-6-15(4)7-9-16)20(22(24)26)23-17-10-12-18(13-11-17)27-14(2)3/h6-14,23H,5H2,1-4H3. The summed E-state index contributed by atoms with van der Waals surface area (Å²) in [4.78, 5) is 26.8. The first-order valence-electron chi connectivity index (χ1n) is 9.12. The van der Waals surface area contributed by atoms with Crippen LogP contribution >= 0.6 is 0 Å². The van der Waals surface area contributed by atoms with Crippen molar-refractivity contribution in [1.29, 1.82) is 0 Å². The number of hydrogen-bond acceptors (Lipinski definition) is 4. The maximum absolute atomic E-state index is 12.8. The number of nitrogens with zero attached hydrogens (tertiary/aromatic N) is 1. The fraction of sp³-hybridized carbons (Fsp3) is 0.273. The van der Waals surface area contributed by atoms with Crippen LogP contribution < -0.4 is 10.1 Å². The Morgan fingerprint density at radius 1 is 0.963 bits per heavy atom. The monoisotopic (exact) mass is 364 g/mol. The molecule has 0 fully saturated rings. The molecule has 0 aliphatic carbocycles. The molecule has 0 saturated heterocycles. The van der Waals surface area contributed by atoms with E-state index in [1.807, 2.05) is 69.3 Å². The average Bonchev–Trinajstić information content (AvgIpc) is 2.87. The van der Waals surface area contributed by atoms with Crippen molar-refractivity contribution in [1.82, 2.24) is 4.90 Å². The van der Waals surface area contributed by atoms with Crippen molar-refractivity contribution in [2.24, 2.45) is 0 Å². The maximum Gasteiger partial charge on any atom is 0.278 e. The third kappa shape index (κ3) is 3.87. The van der Waals surface area contributed by atoms with Gasteiger partial charge in [0.25, 0.3) is 11.8 Å². The summed E-state index contributed by atoms with van der Waals surface area (Å²) in [7, 11) is 0. The number of likely N-dealkylation sites (N-methyl/N-ethyl adjacent to an activating group) is 1. The lowest BCUT2D eigenvalue weighted by molar-refractivity contribution is -0.136. The molecule has 0 atom stereocenters. The van der Waals surface area contributed by atoms with Gasteiger partial charge in [0.05, 0.1) is 11.7 Å². The molecule has 1 N–H and O–H groups in total. The number of hydrogen-bond donors (Lipinski definition) is 1. The number of aryl methyl sites for hydroxylation is 1. The van der Waals surface area contributed by atoms with Crippen LogP contribution in [0.4, 0.5) is 5.69 Å². The van der Waals surface area contributed by atoms with Gasteiger partial charge in [-0.05, 0) is 57.5 Å². The molecule has 0 radical (unpaired) electrons. The Morgan fingerprint density at radius 3 is 2.15 bits per heavy atom. The molecule has 27 heavy (non-hydrogen) atoms. The third-order valence-corrected chi connectivity index (χ3v) is 4.32. The predicted molar refractivity (Wildman–Crippen MR) is 106 cm³/mol. The second kappa shape index (κ2) is 7.66. The number of anilines is 1. The molecular formula is C22H24N2O3. The van der Waals surface area contributed by atoms with E-state index in [9.17, 15) is 9.59 Å². The van der Waals surface area contributed by atoms with Crippen LogP contribution in [0.3, 0.4) is 0 Å². The highest BCUT2D eigenvalue weighted by Gasteiger charge is 2.38. The van der Waals surface area contributed by atoms with E-state index in [0.29, 0.717) is 17.8 Å². The van der Waals surface area contributed by atoms with E-state index in [1.165, 1.54) is 4.90 Å². The number of amides is 2. The van der Waals surface area contributed by atoms with E-state index in [2.05, 4.69) is 5.32 Å². The Morgan fingerprint density at radius 2 is 1.59 bits per heavy atom. The van der Waals surface area contributed by atoms with Gasteiger partial charge >= 0.3 is 0 Å². The van der Waals surface area contributed by atoms with Crippen molar-refractivity contribution in [3.05, 3.63) is 65.4 Å². The van der Waals surface area contributed by atoms with Crippen LogP contribution in [0.25, 0.3) is 5.57 Å². The van der Waals surface area contributed by atoms with Crippen molar-refractivity contribution in [3.63, 3.8) is 0 Å². The highest BCUT2D eigenvalue weighted by molar-refractivity contribution is 6.36. The number of imide groups is 1. The van der Waals surface area contributed by atoms with Crippen molar-refractivity contribution < 1.29 is 14.3 Å². The lowest BCUT2D eigenvalue weighted by Crippen LogP contribution is -2.32. The molecule has 140 valence electrons. The molecule has 1 heterocycles. The summed E-state index contributed by atoms with van der Waals surface area (Å²) in [5.41, 5.74) is 3.27. The molecule has 1 aliphatic rings. The molecule has 2 amide bonds. The summed E-state index contributed by atoms with van der Waals surface area (Å²) < 4.78 is 5.64. The normalized spacial score (nSPS) is 14.3. The lowest BCUT2D eigenvalue weighted by Gasteiger charge is -2.13. The van der Waals surface area contributed by atoms with Crippen molar-refractivity contribution >= 4 is 23.1 Å². The van der Waals surface area contributed by atoms with Gasteiger partial charge < -0.3 is 10.1 Å². The average molecular weight is 364 g/mol. The van der Waals surface area contributed by atoms with E-state index in [4.69, 9.17) is 4.74 Å². The zero-order valence-corrected chi connectivity index (χ0v) is 16.1. The highest BCUT2D eigenvalue weighted by Crippen LogP contribution is 2.31. The van der Waals surface area contributed by atoms with E-state index in [1.54, 1.807) is 6.92 Å². The molecular weight excluding hydrogens is 340 g/mol. The first kappa shape index (κ1) is 18.7. The van der Waals surface area contributed by atoms with Crippen LogP contribution in [0.2, 0.25) is 0 Å². The summed E-state index contributed by atoms with van der Waals surface area (Å²) in [6.45, 7) is 8.04. The Labute approximate surface area is 159 Å². The zero-order chi connectivity index (χ0) is 19.6. The number of carbonyl (C=O) groups excluding carboxylic acids is 2. The number of benzene rings is 2. The quantitative estimate of drug-likeness (QED) is 0.787. The van der Waals surface area contributed by atoms with Gasteiger partial charge in [0.1, 0.15) is 11.4 Å². The van der Waals surface area contributed by atoms with Gasteiger partial charge in [-0.3, -0.25) is 14.5 Å². The van der Waals surface area contributed by atoms with Gasteiger partial charge in [0.15, 0.2) is 0 Å². The van der Waals surface area contributed by atoms with Crippen LogP contribution in [-0.4, -0.2) is 29.4 Å². The van der Waals surface area contributed by atoms with Crippen LogP contribution in [0.15, 0.2) is 54.2 Å². The third-order valence-electron chi connectivity index (χ3n) is 4.32. The molecule has 5 nitrogen and oxygen atoms in total. The van der Waals surface area contributed by atoms with Crippen molar-refractivity contribution in [2.75, 3.05) is 11.9 Å². The fourth-order valence-corrected chi connectivity index (χ4v) is 3.00. The van der Waals surface area contributed by atoms with Gasteiger partial charge in [-0.25, -0.2) is 0 Å². The van der Waals surface area contributed by atoms with Crippen LogP contribution in [-0.2, 0) is 9.59 Å². The number of ether oxygens (including phenoxy) is 1. The van der Waals surface area contributed by atoms with Gasteiger partial charge in [0.2, 0.25) is 0 Å². The van der Waals surface area contributed by atoms with Crippen LogP contribution in [0, 0.1) is 6.92 Å². The van der Waals surface area contributed by atoms with E-state index < -0.39 is 0 Å². The molecule has 2 aromatic carbocycles. The minimum absolute atomic E-state index is 0.0896. The topological polar surface area (TPSA) is 58.6 Å². The molecule has 0 spiro atoms. The second-order valence-electron chi connectivity index (χ2n) is 6.79. The number of rotatable bonds is 6. The summed E-state index contributed by atoms with van der Waals surface area (Å²) >= 11 is 0. The Hall–Kier alpha value is -3.08. The number of carbonyl (C=O) groups is 2. The predicted octanol–water partition coefficient (Wildman–Crippen LogP) is 3.99. The first-order valence-corrected chi connectivity index (χ1v) is 9.12. The lowest BCUT2D eigenvalue weighted by atomic mass is 10.0. The first-order chi connectivity index (χ1) is 12.9. The molecule has 0 saturated carbocycles. The van der Waals surface area contributed by atoms with E-state index in [-0.39, 0.29) is 17.9 Å². The SMILES string of the molecule is CCN1C(=O)C(Nc2ccc(OC(C)C)cc2)=C(c2ccc(C)cc2)C1=O. The van der Waals surface area contributed by atoms with Gasteiger partial charge in [-0.2, -0.15) is 0 Å². The minimum atomic E-state index is -0.305. The van der Waals surface area contributed by atoms with Crippen LogP contribution in [0.1, 0.15) is 31.9 Å². The Kier molecular flexibility index (Phi) is 5.31. The second-order valence-corrected chi connectivity index (χ2v) is 6.79. The van der Waals surface area contributed by atoms with E-state index in [0.717, 1.165) is 22.6 Å². The highest BCUT2D eigenvalue weighted by atomic mass is 16.5. The molecule has 1 aliphatic heterocycles. The van der Waals surface area contributed by atoms with Gasteiger partial charge in [-0.1, -0.05) is 29.8 Å². The zero-order valence-electron chi connectivity index (χ0n) is 16.1. The van der Waals surface area contributed by atoms with E-state index >= 15 is 0 Å². The minimum Gasteiger partial charge on any atom is -0.491 e. The molecule has 0 aromatic heterocycles. The summed E-state index contributed by atoms with van der Waals surface area (Å²) in [5.74, 6) is 0.182. The Balaban J connectivity index is 1.96. The van der Waals surface area contributed by atoms with Crippen LogP contribution in [0.5, 0.6) is 5.75 Å². The fourth-order valence-electron chi connectivity index (χ4n) is 3.00. The smallest absolute Gasteiger partial charge is 0.278 e. The number of nitrogens with one attached hydrogen (secondary N) is 1. The molecule has 5 heteroatoms. The molecule has 0 unspecified atom stereocenters. The summed E-state index contributed by atoms with van der Waals surface area (Å²) in [6.07, 6.45) is 0.0896. The largest absolute Gasteiger partial charge is 0.491 e. The summed E-state index contributed by atoms with van der Waals surface area (Å²) in [5, 5.41) is 3.14. The van der Waals surface area contributed by atoms with Crippen molar-refractivity contribution in [2.45, 2.75) is 33.8 Å². The Bertz CT molecular complexity index is 881. The van der Waals surface area contributed by atoms with Gasteiger partial charge in [-0.15, -0.1) is 0 Å². The maximum atomic E-state index is 12.8. The summed E-state index contributed by atoms with van der Waals surface area (Å²) in [6, 6.07) is 15.0.